The standard InChI is InChI=1S/C14H15FN2O3/c1-14-4-3-5-16(14)13(19)17(12(14)18)10-6-9(15)7-11(8-10)20-2/h6-8H,3-5H2,1-2H3. The van der Waals surface area contributed by atoms with Crippen molar-refractivity contribution in [2.75, 3.05) is 18.6 Å². The Bertz CT molecular complexity index is 604. The fourth-order valence-corrected chi connectivity index (χ4v) is 2.96. The van der Waals surface area contributed by atoms with E-state index < -0.39 is 11.4 Å². The number of methoxy groups -OCH3 is 1. The average Bonchev–Trinajstić information content (AvgIpc) is 2.88. The largest absolute Gasteiger partial charge is 0.497 e. The van der Waals surface area contributed by atoms with E-state index in [1.54, 1.807) is 11.8 Å². The van der Waals surface area contributed by atoms with Gasteiger partial charge in [-0.25, -0.2) is 14.1 Å². The third-order valence-electron chi connectivity index (χ3n) is 4.08. The van der Waals surface area contributed by atoms with E-state index in [0.29, 0.717) is 13.0 Å². The number of amides is 3. The van der Waals surface area contributed by atoms with E-state index in [4.69, 9.17) is 4.74 Å². The van der Waals surface area contributed by atoms with Gasteiger partial charge >= 0.3 is 6.03 Å². The summed E-state index contributed by atoms with van der Waals surface area (Å²) in [7, 11) is 1.41. The van der Waals surface area contributed by atoms with Crippen molar-refractivity contribution < 1.29 is 18.7 Å². The molecule has 20 heavy (non-hydrogen) atoms. The molecule has 0 spiro atoms. The van der Waals surface area contributed by atoms with Crippen LogP contribution < -0.4 is 9.64 Å². The van der Waals surface area contributed by atoms with Crippen LogP contribution in [0.4, 0.5) is 14.9 Å². The predicted octanol–water partition coefficient (Wildman–Crippen LogP) is 2.16. The van der Waals surface area contributed by atoms with Gasteiger partial charge in [0.05, 0.1) is 12.8 Å². The third-order valence-corrected chi connectivity index (χ3v) is 4.08. The van der Waals surface area contributed by atoms with Crippen LogP contribution in [0.1, 0.15) is 19.8 Å². The van der Waals surface area contributed by atoms with Crippen molar-refractivity contribution >= 4 is 17.6 Å². The van der Waals surface area contributed by atoms with Crippen LogP contribution in [0.15, 0.2) is 18.2 Å². The minimum atomic E-state index is -0.795. The summed E-state index contributed by atoms with van der Waals surface area (Å²) in [5, 5.41) is 0. The van der Waals surface area contributed by atoms with Crippen molar-refractivity contribution in [3.63, 3.8) is 0 Å². The smallest absolute Gasteiger partial charge is 0.332 e. The van der Waals surface area contributed by atoms with Gasteiger partial charge in [0.2, 0.25) is 0 Å². The number of anilines is 1. The molecule has 1 aromatic carbocycles. The SMILES string of the molecule is COc1cc(F)cc(N2C(=O)N3CCCC3(C)C2=O)c1. The monoisotopic (exact) mass is 278 g/mol. The van der Waals surface area contributed by atoms with Gasteiger partial charge in [-0.05, 0) is 25.8 Å². The minimum Gasteiger partial charge on any atom is -0.497 e. The number of urea groups is 1. The highest BCUT2D eigenvalue weighted by atomic mass is 19.1. The lowest BCUT2D eigenvalue weighted by Crippen LogP contribution is -2.41. The molecule has 0 radical (unpaired) electrons. The van der Waals surface area contributed by atoms with E-state index in [-0.39, 0.29) is 23.4 Å². The van der Waals surface area contributed by atoms with Crippen LogP contribution >= 0.6 is 0 Å². The molecular formula is C14H15FN2O3. The molecule has 2 aliphatic heterocycles. The molecule has 1 atom stereocenters. The molecule has 2 saturated heterocycles. The highest BCUT2D eigenvalue weighted by Crippen LogP contribution is 2.40. The summed E-state index contributed by atoms with van der Waals surface area (Å²) in [4.78, 5) is 27.5. The maximum Gasteiger partial charge on any atom is 0.332 e. The number of carbonyl (C=O) groups excluding carboxylic acids is 2. The summed E-state index contributed by atoms with van der Waals surface area (Å²) in [5.74, 6) is -0.567. The van der Waals surface area contributed by atoms with E-state index in [1.165, 1.54) is 25.3 Å². The number of halogens is 1. The molecule has 0 bridgehead atoms. The number of hydrogen-bond acceptors (Lipinski definition) is 3. The van der Waals surface area contributed by atoms with E-state index >= 15 is 0 Å². The fourth-order valence-electron chi connectivity index (χ4n) is 2.96. The van der Waals surface area contributed by atoms with Crippen LogP contribution in [-0.2, 0) is 4.79 Å². The molecule has 3 rings (SSSR count). The lowest BCUT2D eigenvalue weighted by atomic mass is 9.99. The second kappa shape index (κ2) is 4.19. The third kappa shape index (κ3) is 1.60. The number of hydrogen-bond donors (Lipinski definition) is 0. The van der Waals surface area contributed by atoms with Crippen molar-refractivity contribution in [3.8, 4) is 5.75 Å². The van der Waals surface area contributed by atoms with Crippen molar-refractivity contribution in [1.82, 2.24) is 4.90 Å². The molecule has 3 amide bonds. The van der Waals surface area contributed by atoms with E-state index in [2.05, 4.69) is 0 Å². The first-order chi connectivity index (χ1) is 9.47. The van der Waals surface area contributed by atoms with Crippen molar-refractivity contribution in [2.24, 2.45) is 0 Å². The normalized spacial score (nSPS) is 25.4. The Labute approximate surface area is 115 Å². The zero-order valence-corrected chi connectivity index (χ0v) is 11.4. The van der Waals surface area contributed by atoms with Crippen LogP contribution in [0.5, 0.6) is 5.75 Å². The molecule has 2 aliphatic rings. The number of imide groups is 1. The molecule has 0 saturated carbocycles. The first-order valence-corrected chi connectivity index (χ1v) is 6.48. The second-order valence-electron chi connectivity index (χ2n) is 5.30. The highest BCUT2D eigenvalue weighted by Gasteiger charge is 2.56. The number of carbonyl (C=O) groups is 2. The summed E-state index contributed by atoms with van der Waals surface area (Å²) < 4.78 is 18.5. The van der Waals surface area contributed by atoms with Crippen LogP contribution in [0, 0.1) is 5.82 Å². The van der Waals surface area contributed by atoms with E-state index in [0.717, 1.165) is 11.3 Å². The van der Waals surface area contributed by atoms with Crippen molar-refractivity contribution in [1.29, 1.82) is 0 Å². The molecular weight excluding hydrogens is 263 g/mol. The zero-order chi connectivity index (χ0) is 14.5. The number of rotatable bonds is 2. The van der Waals surface area contributed by atoms with Gasteiger partial charge in [0.15, 0.2) is 0 Å². The molecule has 2 fully saturated rings. The Morgan fingerprint density at radius 2 is 2.05 bits per heavy atom. The van der Waals surface area contributed by atoms with Gasteiger partial charge in [0.1, 0.15) is 17.1 Å². The molecule has 1 aromatic rings. The number of fused-ring (bicyclic) bond motifs is 1. The summed E-state index contributed by atoms with van der Waals surface area (Å²) in [6.07, 6.45) is 1.45. The summed E-state index contributed by atoms with van der Waals surface area (Å²) >= 11 is 0. The van der Waals surface area contributed by atoms with Crippen LogP contribution in [0.2, 0.25) is 0 Å². The Morgan fingerprint density at radius 3 is 2.70 bits per heavy atom. The van der Waals surface area contributed by atoms with Gasteiger partial charge in [-0.2, -0.15) is 0 Å². The summed E-state index contributed by atoms with van der Waals surface area (Å²) in [6, 6.07) is 3.48. The molecule has 0 aliphatic carbocycles. The van der Waals surface area contributed by atoms with E-state index in [9.17, 15) is 14.0 Å². The maximum absolute atomic E-state index is 13.6. The fraction of sp³-hybridized carbons (Fsp3) is 0.429. The molecule has 2 heterocycles. The Balaban J connectivity index is 2.05. The van der Waals surface area contributed by atoms with Gasteiger partial charge in [-0.1, -0.05) is 0 Å². The average molecular weight is 278 g/mol. The molecule has 6 heteroatoms. The Kier molecular flexibility index (Phi) is 2.70. The number of nitrogens with zero attached hydrogens (tertiary/aromatic N) is 2. The zero-order valence-electron chi connectivity index (χ0n) is 11.4. The first kappa shape index (κ1) is 12.9. The van der Waals surface area contributed by atoms with Gasteiger partial charge in [-0.15, -0.1) is 0 Å². The minimum absolute atomic E-state index is 0.215. The predicted molar refractivity (Wildman–Crippen MR) is 70.2 cm³/mol. The van der Waals surface area contributed by atoms with E-state index in [1.807, 2.05) is 0 Å². The molecule has 106 valence electrons. The van der Waals surface area contributed by atoms with Crippen molar-refractivity contribution in [2.45, 2.75) is 25.3 Å². The second-order valence-corrected chi connectivity index (χ2v) is 5.30. The highest BCUT2D eigenvalue weighted by molar-refractivity contribution is 6.23. The topological polar surface area (TPSA) is 49.9 Å². The lowest BCUT2D eigenvalue weighted by Gasteiger charge is -2.22. The van der Waals surface area contributed by atoms with Crippen LogP contribution in [0.25, 0.3) is 0 Å². The van der Waals surface area contributed by atoms with Crippen LogP contribution in [-0.4, -0.2) is 36.0 Å². The molecule has 0 N–H and O–H groups in total. The number of benzene rings is 1. The maximum atomic E-state index is 13.6. The quantitative estimate of drug-likeness (QED) is 0.779. The van der Waals surface area contributed by atoms with Gasteiger partial charge in [0, 0.05) is 18.7 Å². The van der Waals surface area contributed by atoms with Gasteiger partial charge in [-0.3, -0.25) is 4.79 Å². The Morgan fingerprint density at radius 1 is 1.30 bits per heavy atom. The Hall–Kier alpha value is -2.11. The van der Waals surface area contributed by atoms with Crippen molar-refractivity contribution in [3.05, 3.63) is 24.0 Å². The summed E-state index contributed by atoms with van der Waals surface area (Å²) in [5.41, 5.74) is -0.580. The molecule has 0 aromatic heterocycles. The first-order valence-electron chi connectivity index (χ1n) is 6.48. The molecule has 1 unspecified atom stereocenters. The van der Waals surface area contributed by atoms with Gasteiger partial charge < -0.3 is 9.64 Å². The van der Waals surface area contributed by atoms with Crippen LogP contribution in [0.3, 0.4) is 0 Å². The lowest BCUT2D eigenvalue weighted by molar-refractivity contribution is -0.123. The molecule has 5 nitrogen and oxygen atoms in total. The number of ether oxygens (including phenoxy) is 1. The van der Waals surface area contributed by atoms with Gasteiger partial charge in [0.25, 0.3) is 5.91 Å². The summed E-state index contributed by atoms with van der Waals surface area (Å²) in [6.45, 7) is 2.32.